The summed E-state index contributed by atoms with van der Waals surface area (Å²) in [6.45, 7) is 5.86. The Hall–Kier alpha value is -1.77. The number of amides is 1. The van der Waals surface area contributed by atoms with Gasteiger partial charge in [0.2, 0.25) is 0 Å². The molecule has 0 aromatic heterocycles. The van der Waals surface area contributed by atoms with Crippen LogP contribution < -0.4 is 5.32 Å². The van der Waals surface area contributed by atoms with Crippen molar-refractivity contribution < 1.29 is 9.90 Å². The molecule has 0 aliphatic heterocycles. The number of carbonyl (C=O) groups excluding carboxylic acids is 1. The fraction of sp³-hybridized carbons (Fsp3) is 0.250. The molecule has 1 aromatic carbocycles. The van der Waals surface area contributed by atoms with Gasteiger partial charge in [-0.2, -0.15) is 0 Å². The molecule has 0 unspecified atom stereocenters. The fourth-order valence-electron chi connectivity index (χ4n) is 1.25. The first-order chi connectivity index (χ1) is 7.16. The fourth-order valence-corrected chi connectivity index (χ4v) is 1.25. The van der Waals surface area contributed by atoms with Crippen molar-refractivity contribution in [2.45, 2.75) is 13.3 Å². The molecule has 1 rings (SSSR count). The van der Waals surface area contributed by atoms with Gasteiger partial charge in [-0.25, -0.2) is 0 Å². The van der Waals surface area contributed by atoms with Crippen LogP contribution in [0.1, 0.15) is 22.3 Å². The minimum atomic E-state index is -0.162. The number of phenols is 1. The topological polar surface area (TPSA) is 49.3 Å². The van der Waals surface area contributed by atoms with E-state index in [1.165, 1.54) is 0 Å². The molecule has 0 bridgehead atoms. The SMILES string of the molecule is C=CCCNC(=O)c1cccc(O)c1C. The second-order valence-corrected chi connectivity index (χ2v) is 3.28. The third kappa shape index (κ3) is 2.84. The number of benzene rings is 1. The van der Waals surface area contributed by atoms with E-state index in [9.17, 15) is 9.90 Å². The molecule has 0 atom stereocenters. The number of carbonyl (C=O) groups is 1. The van der Waals surface area contributed by atoms with Gasteiger partial charge in [0.25, 0.3) is 5.91 Å². The zero-order valence-corrected chi connectivity index (χ0v) is 8.79. The van der Waals surface area contributed by atoms with E-state index in [2.05, 4.69) is 11.9 Å². The van der Waals surface area contributed by atoms with Crippen molar-refractivity contribution in [3.8, 4) is 5.75 Å². The summed E-state index contributed by atoms with van der Waals surface area (Å²) in [5.41, 5.74) is 1.12. The van der Waals surface area contributed by atoms with Gasteiger partial charge < -0.3 is 10.4 Å². The maximum absolute atomic E-state index is 11.6. The third-order valence-corrected chi connectivity index (χ3v) is 2.18. The molecule has 0 fully saturated rings. The van der Waals surface area contributed by atoms with Crippen LogP contribution in [0, 0.1) is 6.92 Å². The zero-order valence-electron chi connectivity index (χ0n) is 8.79. The summed E-state index contributed by atoms with van der Waals surface area (Å²) in [5.74, 6) is -0.0170. The van der Waals surface area contributed by atoms with E-state index in [1.807, 2.05) is 0 Å². The van der Waals surface area contributed by atoms with E-state index in [-0.39, 0.29) is 11.7 Å². The van der Waals surface area contributed by atoms with Crippen molar-refractivity contribution in [3.05, 3.63) is 42.0 Å². The highest BCUT2D eigenvalue weighted by atomic mass is 16.3. The first kappa shape index (κ1) is 11.3. The molecule has 1 aromatic rings. The maximum Gasteiger partial charge on any atom is 0.251 e. The Labute approximate surface area is 89.4 Å². The Kier molecular flexibility index (Phi) is 3.92. The summed E-state index contributed by atoms with van der Waals surface area (Å²) >= 11 is 0. The summed E-state index contributed by atoms with van der Waals surface area (Å²) in [6.07, 6.45) is 2.49. The molecule has 2 N–H and O–H groups in total. The monoisotopic (exact) mass is 205 g/mol. The van der Waals surface area contributed by atoms with Gasteiger partial charge in [0.05, 0.1) is 0 Å². The van der Waals surface area contributed by atoms with Crippen LogP contribution in [0.5, 0.6) is 5.75 Å². The molecule has 3 nitrogen and oxygen atoms in total. The largest absolute Gasteiger partial charge is 0.508 e. The van der Waals surface area contributed by atoms with Crippen LogP contribution in [0.3, 0.4) is 0 Å². The molecule has 15 heavy (non-hydrogen) atoms. The lowest BCUT2D eigenvalue weighted by Gasteiger charge is -2.07. The van der Waals surface area contributed by atoms with E-state index in [4.69, 9.17) is 0 Å². The standard InChI is InChI=1S/C12H15NO2/c1-3-4-8-13-12(15)10-6-5-7-11(14)9(10)2/h3,5-7,14H,1,4,8H2,2H3,(H,13,15). The number of aromatic hydroxyl groups is 1. The van der Waals surface area contributed by atoms with Crippen molar-refractivity contribution in [3.63, 3.8) is 0 Å². The molecule has 0 heterocycles. The lowest BCUT2D eigenvalue weighted by Crippen LogP contribution is -2.24. The Morgan fingerprint density at radius 2 is 2.33 bits per heavy atom. The third-order valence-electron chi connectivity index (χ3n) is 2.18. The Bertz CT molecular complexity index is 372. The van der Waals surface area contributed by atoms with Crippen molar-refractivity contribution in [2.75, 3.05) is 6.54 Å². The summed E-state index contributed by atoms with van der Waals surface area (Å²) in [6, 6.07) is 4.92. The first-order valence-electron chi connectivity index (χ1n) is 4.84. The quantitative estimate of drug-likeness (QED) is 0.583. The molecular weight excluding hydrogens is 190 g/mol. The van der Waals surface area contributed by atoms with Gasteiger partial charge in [-0.3, -0.25) is 4.79 Å². The first-order valence-corrected chi connectivity index (χ1v) is 4.84. The lowest BCUT2D eigenvalue weighted by molar-refractivity contribution is 0.0953. The number of rotatable bonds is 4. The summed E-state index contributed by atoms with van der Waals surface area (Å²) in [5, 5.41) is 12.2. The molecule has 0 saturated heterocycles. The van der Waals surface area contributed by atoms with Crippen LogP contribution in [-0.4, -0.2) is 17.6 Å². The van der Waals surface area contributed by atoms with Crippen molar-refractivity contribution in [1.82, 2.24) is 5.32 Å². The zero-order chi connectivity index (χ0) is 11.3. The van der Waals surface area contributed by atoms with Crippen LogP contribution in [0.15, 0.2) is 30.9 Å². The van der Waals surface area contributed by atoms with Gasteiger partial charge in [-0.05, 0) is 25.5 Å². The highest BCUT2D eigenvalue weighted by Crippen LogP contribution is 2.19. The maximum atomic E-state index is 11.6. The van der Waals surface area contributed by atoms with Gasteiger partial charge in [0, 0.05) is 17.7 Å². The van der Waals surface area contributed by atoms with Gasteiger partial charge >= 0.3 is 0 Å². The molecule has 1 amide bonds. The number of hydrogen-bond acceptors (Lipinski definition) is 2. The van der Waals surface area contributed by atoms with E-state index in [1.54, 1.807) is 31.2 Å². The predicted molar refractivity (Wildman–Crippen MR) is 60.0 cm³/mol. The van der Waals surface area contributed by atoms with E-state index >= 15 is 0 Å². The van der Waals surface area contributed by atoms with Crippen molar-refractivity contribution in [2.24, 2.45) is 0 Å². The van der Waals surface area contributed by atoms with E-state index < -0.39 is 0 Å². The minimum Gasteiger partial charge on any atom is -0.508 e. The highest BCUT2D eigenvalue weighted by Gasteiger charge is 2.09. The average Bonchev–Trinajstić information content (AvgIpc) is 2.22. The molecule has 0 aliphatic rings. The second kappa shape index (κ2) is 5.20. The summed E-state index contributed by atoms with van der Waals surface area (Å²) < 4.78 is 0. The van der Waals surface area contributed by atoms with Gasteiger partial charge in [-0.1, -0.05) is 12.1 Å². The Morgan fingerprint density at radius 1 is 1.60 bits per heavy atom. The average molecular weight is 205 g/mol. The minimum absolute atomic E-state index is 0.145. The van der Waals surface area contributed by atoms with Gasteiger partial charge in [0.1, 0.15) is 5.75 Å². The smallest absolute Gasteiger partial charge is 0.251 e. The predicted octanol–water partition coefficient (Wildman–Crippen LogP) is 2.01. The van der Waals surface area contributed by atoms with Crippen LogP contribution in [0.4, 0.5) is 0 Å². The molecule has 0 saturated carbocycles. The van der Waals surface area contributed by atoms with Crippen LogP contribution in [0.25, 0.3) is 0 Å². The second-order valence-electron chi connectivity index (χ2n) is 3.28. The molecule has 80 valence electrons. The summed E-state index contributed by atoms with van der Waals surface area (Å²) in [7, 11) is 0. The lowest BCUT2D eigenvalue weighted by atomic mass is 10.1. The van der Waals surface area contributed by atoms with Crippen LogP contribution in [0.2, 0.25) is 0 Å². The van der Waals surface area contributed by atoms with E-state index in [0.717, 1.165) is 6.42 Å². The molecule has 3 heteroatoms. The van der Waals surface area contributed by atoms with Crippen molar-refractivity contribution >= 4 is 5.91 Å². The highest BCUT2D eigenvalue weighted by molar-refractivity contribution is 5.96. The van der Waals surface area contributed by atoms with Gasteiger partial charge in [-0.15, -0.1) is 6.58 Å². The number of nitrogens with one attached hydrogen (secondary N) is 1. The Balaban J connectivity index is 2.73. The van der Waals surface area contributed by atoms with Crippen molar-refractivity contribution in [1.29, 1.82) is 0 Å². The molecule has 0 spiro atoms. The van der Waals surface area contributed by atoms with Crippen LogP contribution in [-0.2, 0) is 0 Å². The normalized spacial score (nSPS) is 9.67. The number of phenolic OH excluding ortho intramolecular Hbond substituents is 1. The van der Waals surface area contributed by atoms with Crippen LogP contribution >= 0.6 is 0 Å². The number of hydrogen-bond donors (Lipinski definition) is 2. The molecular formula is C12H15NO2. The summed E-state index contributed by atoms with van der Waals surface area (Å²) in [4.78, 5) is 11.6. The van der Waals surface area contributed by atoms with Gasteiger partial charge in [0.15, 0.2) is 0 Å². The Morgan fingerprint density at radius 3 is 3.00 bits per heavy atom. The molecule has 0 aliphatic carbocycles. The van der Waals surface area contributed by atoms with E-state index in [0.29, 0.717) is 17.7 Å². The molecule has 0 radical (unpaired) electrons.